The van der Waals surface area contributed by atoms with Crippen molar-refractivity contribution in [3.05, 3.63) is 18.0 Å². The predicted molar refractivity (Wildman–Crippen MR) is 81.4 cm³/mol. The predicted octanol–water partition coefficient (Wildman–Crippen LogP) is 4.61. The van der Waals surface area contributed by atoms with Gasteiger partial charge in [-0.05, 0) is 30.7 Å². The van der Waals surface area contributed by atoms with E-state index in [1.165, 1.54) is 38.5 Å². The van der Waals surface area contributed by atoms with Gasteiger partial charge in [-0.25, -0.2) is 9.97 Å². The van der Waals surface area contributed by atoms with Gasteiger partial charge in [0.2, 0.25) is 0 Å². The summed E-state index contributed by atoms with van der Waals surface area (Å²) in [4.78, 5) is 8.78. The van der Waals surface area contributed by atoms with E-state index >= 15 is 0 Å². The van der Waals surface area contributed by atoms with Gasteiger partial charge in [0, 0.05) is 23.5 Å². The van der Waals surface area contributed by atoms with Gasteiger partial charge in [0.25, 0.3) is 0 Å². The highest BCUT2D eigenvalue weighted by atomic mass is 79.9. The first kappa shape index (κ1) is 14.3. The lowest BCUT2D eigenvalue weighted by Gasteiger charge is -2.30. The fraction of sp³-hybridized carbons (Fsp3) is 0.714. The summed E-state index contributed by atoms with van der Waals surface area (Å²) in [5.74, 6) is 1.14. The number of halogens is 1. The Hall–Kier alpha value is -0.0900. The number of nitrogens with zero attached hydrogens (tertiary/aromatic N) is 2. The van der Waals surface area contributed by atoms with Crippen LogP contribution in [0.15, 0.2) is 17.6 Å². The van der Waals surface area contributed by atoms with Crippen molar-refractivity contribution in [2.75, 3.05) is 11.1 Å². The number of aryl methyl sites for hydroxylation is 1. The summed E-state index contributed by atoms with van der Waals surface area (Å²) in [5.41, 5.74) is 1.58. The van der Waals surface area contributed by atoms with E-state index in [0.29, 0.717) is 5.41 Å². The minimum absolute atomic E-state index is 0.454. The molecule has 18 heavy (non-hydrogen) atoms. The van der Waals surface area contributed by atoms with E-state index in [4.69, 9.17) is 0 Å². The third kappa shape index (κ3) is 3.95. The Kier molecular flexibility index (Phi) is 5.49. The molecule has 0 aromatic carbocycles. The summed E-state index contributed by atoms with van der Waals surface area (Å²) in [6, 6.07) is 0. The fourth-order valence-electron chi connectivity index (χ4n) is 2.47. The highest BCUT2D eigenvalue weighted by Crippen LogP contribution is 2.40. The molecule has 0 spiro atoms. The first-order valence-electron chi connectivity index (χ1n) is 6.72. The van der Waals surface area contributed by atoms with Crippen molar-refractivity contribution in [1.82, 2.24) is 9.97 Å². The van der Waals surface area contributed by atoms with Crippen molar-refractivity contribution >= 4 is 27.7 Å². The second kappa shape index (κ2) is 6.90. The molecule has 2 nitrogen and oxygen atoms in total. The first-order valence-corrected chi connectivity index (χ1v) is 8.82. The molecule has 0 bridgehead atoms. The van der Waals surface area contributed by atoms with E-state index in [0.717, 1.165) is 21.8 Å². The normalized spacial score (nSPS) is 19.4. The highest BCUT2D eigenvalue weighted by molar-refractivity contribution is 9.09. The number of alkyl halides is 1. The van der Waals surface area contributed by atoms with E-state index in [1.54, 1.807) is 0 Å². The summed E-state index contributed by atoms with van der Waals surface area (Å²) < 4.78 is 0. The van der Waals surface area contributed by atoms with Crippen molar-refractivity contribution in [2.24, 2.45) is 5.41 Å². The maximum Gasteiger partial charge on any atom is 0.187 e. The lowest BCUT2D eigenvalue weighted by Crippen LogP contribution is -2.25. The van der Waals surface area contributed by atoms with Gasteiger partial charge in [-0.15, -0.1) is 0 Å². The molecule has 0 saturated heterocycles. The minimum Gasteiger partial charge on any atom is -0.231 e. The average Bonchev–Trinajstić information content (AvgIpc) is 2.64. The largest absolute Gasteiger partial charge is 0.231 e. The van der Waals surface area contributed by atoms with Crippen LogP contribution in [0.25, 0.3) is 0 Å². The summed E-state index contributed by atoms with van der Waals surface area (Å²) in [5, 5.41) is 2.03. The van der Waals surface area contributed by atoms with Crippen LogP contribution in [0, 0.1) is 12.3 Å². The minimum atomic E-state index is 0.454. The van der Waals surface area contributed by atoms with Gasteiger partial charge in [-0.1, -0.05) is 53.4 Å². The standard InChI is InChI=1S/C14H21BrN2S/c1-12-8-16-13(17-9-12)18-11-14(10-15)6-4-2-3-5-7-14/h8-9H,2-7,10-11H2,1H3. The van der Waals surface area contributed by atoms with Crippen LogP contribution in [0.5, 0.6) is 0 Å². The molecule has 1 aromatic heterocycles. The molecule has 1 saturated carbocycles. The van der Waals surface area contributed by atoms with E-state index in [1.807, 2.05) is 31.1 Å². The third-order valence-electron chi connectivity index (χ3n) is 3.71. The lowest BCUT2D eigenvalue weighted by molar-refractivity contribution is 0.334. The summed E-state index contributed by atoms with van der Waals surface area (Å²) in [6.45, 7) is 2.03. The van der Waals surface area contributed by atoms with Crippen LogP contribution in [-0.4, -0.2) is 21.1 Å². The number of hydrogen-bond donors (Lipinski definition) is 0. The molecule has 1 aromatic rings. The monoisotopic (exact) mass is 328 g/mol. The van der Waals surface area contributed by atoms with Crippen molar-refractivity contribution in [3.63, 3.8) is 0 Å². The molecule has 1 aliphatic rings. The average molecular weight is 329 g/mol. The second-order valence-corrected chi connectivity index (χ2v) is 6.88. The molecule has 0 radical (unpaired) electrons. The van der Waals surface area contributed by atoms with Crippen molar-refractivity contribution in [3.8, 4) is 0 Å². The third-order valence-corrected chi connectivity index (χ3v) is 6.13. The molecule has 0 aliphatic heterocycles. The molecule has 4 heteroatoms. The van der Waals surface area contributed by atoms with E-state index in [9.17, 15) is 0 Å². The van der Waals surface area contributed by atoms with Gasteiger partial charge in [-0.3, -0.25) is 0 Å². The van der Waals surface area contributed by atoms with Crippen molar-refractivity contribution in [2.45, 2.75) is 50.6 Å². The Morgan fingerprint density at radius 2 is 1.78 bits per heavy atom. The molecule has 2 rings (SSSR count). The molecule has 0 unspecified atom stereocenters. The van der Waals surface area contributed by atoms with Crippen LogP contribution in [-0.2, 0) is 0 Å². The van der Waals surface area contributed by atoms with E-state index < -0.39 is 0 Å². The number of aromatic nitrogens is 2. The lowest BCUT2D eigenvalue weighted by atomic mass is 9.85. The highest BCUT2D eigenvalue weighted by Gasteiger charge is 2.30. The number of hydrogen-bond acceptors (Lipinski definition) is 3. The van der Waals surface area contributed by atoms with Gasteiger partial charge >= 0.3 is 0 Å². The van der Waals surface area contributed by atoms with Crippen molar-refractivity contribution in [1.29, 1.82) is 0 Å². The van der Waals surface area contributed by atoms with E-state index in [-0.39, 0.29) is 0 Å². The van der Waals surface area contributed by atoms with E-state index in [2.05, 4.69) is 25.9 Å². The molecule has 0 amide bonds. The maximum atomic E-state index is 4.39. The SMILES string of the molecule is Cc1cnc(SCC2(CBr)CCCCCC2)nc1. The molecule has 0 N–H and O–H groups in total. The van der Waals surface area contributed by atoms with Gasteiger partial charge in [0.1, 0.15) is 0 Å². The quantitative estimate of drug-likeness (QED) is 0.349. The second-order valence-electron chi connectivity index (χ2n) is 5.38. The molecule has 0 atom stereocenters. The zero-order chi connectivity index (χ0) is 12.8. The van der Waals surface area contributed by atoms with Gasteiger partial charge in [-0.2, -0.15) is 0 Å². The van der Waals surface area contributed by atoms with Crippen LogP contribution >= 0.6 is 27.7 Å². The zero-order valence-electron chi connectivity index (χ0n) is 11.0. The molecule has 1 aliphatic carbocycles. The van der Waals surface area contributed by atoms with Crippen LogP contribution < -0.4 is 0 Å². The van der Waals surface area contributed by atoms with Gasteiger partial charge in [0.05, 0.1) is 0 Å². The summed E-state index contributed by atoms with van der Waals surface area (Å²) in [6.07, 6.45) is 12.1. The number of rotatable bonds is 4. The van der Waals surface area contributed by atoms with Gasteiger partial charge in [0.15, 0.2) is 5.16 Å². The van der Waals surface area contributed by atoms with Gasteiger partial charge < -0.3 is 0 Å². The molecule has 100 valence electrons. The topological polar surface area (TPSA) is 25.8 Å². The molecular weight excluding hydrogens is 308 g/mol. The van der Waals surface area contributed by atoms with Crippen LogP contribution in [0.1, 0.15) is 44.1 Å². The van der Waals surface area contributed by atoms with Crippen LogP contribution in [0.4, 0.5) is 0 Å². The van der Waals surface area contributed by atoms with Crippen LogP contribution in [0.3, 0.4) is 0 Å². The number of thioether (sulfide) groups is 1. The molecule has 1 heterocycles. The Balaban J connectivity index is 1.95. The maximum absolute atomic E-state index is 4.39. The first-order chi connectivity index (χ1) is 8.74. The Morgan fingerprint density at radius 3 is 2.33 bits per heavy atom. The smallest absolute Gasteiger partial charge is 0.187 e. The molecule has 1 fully saturated rings. The fourth-order valence-corrected chi connectivity index (χ4v) is 4.57. The Morgan fingerprint density at radius 1 is 1.17 bits per heavy atom. The summed E-state index contributed by atoms with van der Waals surface area (Å²) >= 11 is 5.55. The Labute approximate surface area is 123 Å². The molecular formula is C14H21BrN2S. The Bertz CT molecular complexity index is 359. The zero-order valence-corrected chi connectivity index (χ0v) is 13.4. The summed E-state index contributed by atoms with van der Waals surface area (Å²) in [7, 11) is 0. The van der Waals surface area contributed by atoms with Crippen LogP contribution in [0.2, 0.25) is 0 Å². The van der Waals surface area contributed by atoms with Crippen molar-refractivity contribution < 1.29 is 0 Å².